The SMILES string of the molecule is Cc1ccccc1C(=O)Oc1cccc(OC(=O)/C=C/c2cccc(C(F)(F)F)c2)c1. The van der Waals surface area contributed by atoms with E-state index in [0.29, 0.717) is 5.56 Å². The van der Waals surface area contributed by atoms with Gasteiger partial charge in [-0.2, -0.15) is 13.2 Å². The van der Waals surface area contributed by atoms with E-state index in [2.05, 4.69) is 0 Å². The molecule has 0 radical (unpaired) electrons. The summed E-state index contributed by atoms with van der Waals surface area (Å²) in [7, 11) is 0. The molecule has 3 rings (SSSR count). The van der Waals surface area contributed by atoms with Gasteiger partial charge in [-0.15, -0.1) is 0 Å². The highest BCUT2D eigenvalue weighted by Crippen LogP contribution is 2.29. The number of carbonyl (C=O) groups excluding carboxylic acids is 2. The van der Waals surface area contributed by atoms with E-state index in [0.717, 1.165) is 23.8 Å². The summed E-state index contributed by atoms with van der Waals surface area (Å²) in [5.41, 5.74) is 0.558. The molecule has 7 heteroatoms. The molecule has 0 saturated heterocycles. The van der Waals surface area contributed by atoms with Gasteiger partial charge in [-0.05, 0) is 54.5 Å². The van der Waals surface area contributed by atoms with Gasteiger partial charge >= 0.3 is 18.1 Å². The number of esters is 2. The summed E-state index contributed by atoms with van der Waals surface area (Å²) in [5, 5.41) is 0. The van der Waals surface area contributed by atoms with E-state index in [9.17, 15) is 22.8 Å². The fraction of sp³-hybridized carbons (Fsp3) is 0.0833. The van der Waals surface area contributed by atoms with Crippen LogP contribution in [0.4, 0.5) is 13.2 Å². The average Bonchev–Trinajstić information content (AvgIpc) is 2.72. The van der Waals surface area contributed by atoms with Gasteiger partial charge < -0.3 is 9.47 Å². The lowest BCUT2D eigenvalue weighted by molar-refractivity contribution is -0.137. The maximum atomic E-state index is 12.8. The second-order valence-corrected chi connectivity index (χ2v) is 6.56. The van der Waals surface area contributed by atoms with Crippen LogP contribution in [0.15, 0.2) is 78.9 Å². The molecule has 0 aliphatic heterocycles. The highest BCUT2D eigenvalue weighted by Gasteiger charge is 2.30. The van der Waals surface area contributed by atoms with Crippen molar-refractivity contribution in [2.45, 2.75) is 13.1 Å². The molecule has 158 valence electrons. The molecule has 3 aromatic carbocycles. The van der Waals surface area contributed by atoms with Crippen molar-refractivity contribution in [3.05, 3.63) is 101 Å². The second kappa shape index (κ2) is 9.30. The van der Waals surface area contributed by atoms with Gasteiger partial charge in [0.2, 0.25) is 0 Å². The number of hydrogen-bond acceptors (Lipinski definition) is 4. The van der Waals surface area contributed by atoms with E-state index < -0.39 is 23.7 Å². The number of halogens is 3. The first-order valence-corrected chi connectivity index (χ1v) is 9.17. The van der Waals surface area contributed by atoms with Crippen molar-refractivity contribution in [2.24, 2.45) is 0 Å². The van der Waals surface area contributed by atoms with Gasteiger partial charge in [-0.1, -0.05) is 36.4 Å². The van der Waals surface area contributed by atoms with Crippen LogP contribution in [0.3, 0.4) is 0 Å². The molecule has 0 atom stereocenters. The predicted molar refractivity (Wildman–Crippen MR) is 109 cm³/mol. The Morgan fingerprint density at radius 2 is 1.52 bits per heavy atom. The highest BCUT2D eigenvalue weighted by atomic mass is 19.4. The van der Waals surface area contributed by atoms with Gasteiger partial charge in [0.05, 0.1) is 11.1 Å². The minimum Gasteiger partial charge on any atom is -0.423 e. The Morgan fingerprint density at radius 1 is 0.839 bits per heavy atom. The topological polar surface area (TPSA) is 52.6 Å². The maximum absolute atomic E-state index is 12.8. The number of ether oxygens (including phenoxy) is 2. The van der Waals surface area contributed by atoms with Crippen LogP contribution in [-0.4, -0.2) is 11.9 Å². The zero-order valence-electron chi connectivity index (χ0n) is 16.3. The van der Waals surface area contributed by atoms with E-state index in [-0.39, 0.29) is 17.1 Å². The van der Waals surface area contributed by atoms with Gasteiger partial charge in [0.1, 0.15) is 11.5 Å². The average molecular weight is 426 g/mol. The van der Waals surface area contributed by atoms with Gasteiger partial charge in [0.15, 0.2) is 0 Å². The lowest BCUT2D eigenvalue weighted by atomic mass is 10.1. The molecule has 0 unspecified atom stereocenters. The van der Waals surface area contributed by atoms with E-state index in [1.165, 1.54) is 36.4 Å². The Bertz CT molecular complexity index is 1130. The van der Waals surface area contributed by atoms with Crippen molar-refractivity contribution in [1.82, 2.24) is 0 Å². The Balaban J connectivity index is 1.65. The van der Waals surface area contributed by atoms with Crippen LogP contribution < -0.4 is 9.47 Å². The molecule has 0 amide bonds. The summed E-state index contributed by atoms with van der Waals surface area (Å²) in [6.45, 7) is 1.78. The molecule has 0 N–H and O–H groups in total. The first-order chi connectivity index (χ1) is 14.7. The van der Waals surface area contributed by atoms with Crippen molar-refractivity contribution in [2.75, 3.05) is 0 Å². The third-order valence-corrected chi connectivity index (χ3v) is 4.23. The molecule has 0 bridgehead atoms. The maximum Gasteiger partial charge on any atom is 0.416 e. The molecule has 0 spiro atoms. The van der Waals surface area contributed by atoms with Crippen LogP contribution in [-0.2, 0) is 11.0 Å². The van der Waals surface area contributed by atoms with Crippen molar-refractivity contribution >= 4 is 18.0 Å². The van der Waals surface area contributed by atoms with Gasteiger partial charge in [-0.25, -0.2) is 9.59 Å². The molecule has 0 fully saturated rings. The lowest BCUT2D eigenvalue weighted by Gasteiger charge is -2.08. The van der Waals surface area contributed by atoms with Crippen LogP contribution in [0, 0.1) is 6.92 Å². The molecule has 0 aliphatic carbocycles. The molecule has 0 heterocycles. The molecular formula is C24H17F3O4. The van der Waals surface area contributed by atoms with E-state index >= 15 is 0 Å². The molecule has 0 saturated carbocycles. The molecule has 31 heavy (non-hydrogen) atoms. The first kappa shape index (κ1) is 21.8. The zero-order chi connectivity index (χ0) is 22.4. The van der Waals surface area contributed by atoms with E-state index in [4.69, 9.17) is 9.47 Å². The quantitative estimate of drug-likeness (QED) is 0.292. The van der Waals surface area contributed by atoms with Gasteiger partial charge in [0, 0.05) is 12.1 Å². The molecule has 0 aromatic heterocycles. The molecular weight excluding hydrogens is 409 g/mol. The van der Waals surface area contributed by atoms with Crippen LogP contribution in [0.25, 0.3) is 6.08 Å². The van der Waals surface area contributed by atoms with Crippen LogP contribution >= 0.6 is 0 Å². The summed E-state index contributed by atoms with van der Waals surface area (Å²) in [5.74, 6) is -1.04. The Morgan fingerprint density at radius 3 is 2.23 bits per heavy atom. The van der Waals surface area contributed by atoms with Crippen molar-refractivity contribution in [1.29, 1.82) is 0 Å². The largest absolute Gasteiger partial charge is 0.423 e. The molecule has 3 aromatic rings. The Labute approximate surface area is 176 Å². The third kappa shape index (κ3) is 6.05. The van der Waals surface area contributed by atoms with Crippen LogP contribution in [0.2, 0.25) is 0 Å². The number of benzene rings is 3. The smallest absolute Gasteiger partial charge is 0.416 e. The number of rotatable bonds is 5. The van der Waals surface area contributed by atoms with Crippen LogP contribution in [0.5, 0.6) is 11.5 Å². The summed E-state index contributed by atoms with van der Waals surface area (Å²) in [4.78, 5) is 24.3. The third-order valence-electron chi connectivity index (χ3n) is 4.23. The van der Waals surface area contributed by atoms with Crippen molar-refractivity contribution in [3.63, 3.8) is 0 Å². The number of hydrogen-bond donors (Lipinski definition) is 0. The molecule has 4 nitrogen and oxygen atoms in total. The monoisotopic (exact) mass is 426 g/mol. The first-order valence-electron chi connectivity index (χ1n) is 9.17. The summed E-state index contributed by atoms with van der Waals surface area (Å²) >= 11 is 0. The number of carbonyl (C=O) groups is 2. The Kier molecular flexibility index (Phi) is 6.55. The van der Waals surface area contributed by atoms with Gasteiger partial charge in [-0.3, -0.25) is 0 Å². The van der Waals surface area contributed by atoms with E-state index in [1.54, 1.807) is 37.3 Å². The minimum atomic E-state index is -4.47. The fourth-order valence-corrected chi connectivity index (χ4v) is 2.70. The summed E-state index contributed by atoms with van der Waals surface area (Å²) in [6.07, 6.45) is -2.23. The number of aryl methyl sites for hydroxylation is 1. The standard InChI is InChI=1S/C24H17F3O4/c1-16-6-2-3-11-21(16)23(29)31-20-10-5-9-19(15-20)30-22(28)13-12-17-7-4-8-18(14-17)24(25,26)27/h2-15H,1H3/b13-12+. The van der Waals surface area contributed by atoms with Crippen molar-refractivity contribution < 1.29 is 32.2 Å². The number of alkyl halides is 3. The predicted octanol–water partition coefficient (Wildman–Crippen LogP) is 5.85. The fourth-order valence-electron chi connectivity index (χ4n) is 2.70. The lowest BCUT2D eigenvalue weighted by Crippen LogP contribution is -2.10. The summed E-state index contributed by atoms with van der Waals surface area (Å²) < 4.78 is 48.8. The Hall–Kier alpha value is -3.87. The zero-order valence-corrected chi connectivity index (χ0v) is 16.3. The van der Waals surface area contributed by atoms with E-state index in [1.807, 2.05) is 0 Å². The molecule has 0 aliphatic rings. The van der Waals surface area contributed by atoms with Crippen LogP contribution in [0.1, 0.15) is 27.0 Å². The highest BCUT2D eigenvalue weighted by molar-refractivity contribution is 5.92. The minimum absolute atomic E-state index is 0.119. The second-order valence-electron chi connectivity index (χ2n) is 6.56. The van der Waals surface area contributed by atoms with Gasteiger partial charge in [0.25, 0.3) is 0 Å². The summed E-state index contributed by atoms with van der Waals surface area (Å²) in [6, 6.07) is 17.4. The normalized spacial score (nSPS) is 11.4. The van der Waals surface area contributed by atoms with Crippen molar-refractivity contribution in [3.8, 4) is 11.5 Å².